The average Bonchev–Trinajstić information content (AvgIpc) is 2.74. The second kappa shape index (κ2) is 7.67. The summed E-state index contributed by atoms with van der Waals surface area (Å²) in [6.45, 7) is 0. The van der Waals surface area contributed by atoms with Crippen LogP contribution in [-0.2, 0) is 12.8 Å². The number of benzene rings is 1. The van der Waals surface area contributed by atoms with Crippen LogP contribution in [0, 0.1) is 0 Å². The Bertz CT molecular complexity index is 1020. The summed E-state index contributed by atoms with van der Waals surface area (Å²) in [5.74, 6) is -1.38. The van der Waals surface area contributed by atoms with E-state index in [1.807, 2.05) is 17.0 Å². The Morgan fingerprint density at radius 2 is 1.90 bits per heavy atom. The Balaban J connectivity index is 1.80. The minimum absolute atomic E-state index is 0.0687. The molecule has 0 saturated carbocycles. The third-order valence-corrected chi connectivity index (χ3v) is 5.13. The summed E-state index contributed by atoms with van der Waals surface area (Å²) in [4.78, 5) is 38.7. The van der Waals surface area contributed by atoms with E-state index in [2.05, 4.69) is 15.0 Å². The van der Waals surface area contributed by atoms with E-state index in [-0.39, 0.29) is 17.2 Å². The first-order valence-corrected chi connectivity index (χ1v) is 9.20. The number of carbonyl (C=O) groups is 2. The molecular formula is C21H19N5O3. The van der Waals surface area contributed by atoms with Gasteiger partial charge < -0.3 is 15.7 Å². The van der Waals surface area contributed by atoms with Crippen LogP contribution in [0.25, 0.3) is 0 Å². The summed E-state index contributed by atoms with van der Waals surface area (Å²) >= 11 is 0. The van der Waals surface area contributed by atoms with Crippen LogP contribution >= 0.6 is 0 Å². The van der Waals surface area contributed by atoms with Crippen LogP contribution in [0.1, 0.15) is 38.3 Å². The number of nitrogens with two attached hydrogens (primary N) is 1. The maximum atomic E-state index is 12.1. The minimum atomic E-state index is -1.17. The van der Waals surface area contributed by atoms with Gasteiger partial charge in [-0.25, -0.2) is 14.8 Å². The van der Waals surface area contributed by atoms with E-state index < -0.39 is 11.9 Å². The number of fused-ring (bicyclic) bond motifs is 1. The van der Waals surface area contributed by atoms with Gasteiger partial charge in [0, 0.05) is 24.6 Å². The number of hydrogen-bond acceptors (Lipinski definition) is 6. The highest BCUT2D eigenvalue weighted by molar-refractivity contribution is 6.05. The highest BCUT2D eigenvalue weighted by Crippen LogP contribution is 2.34. The molecule has 0 saturated heterocycles. The zero-order valence-corrected chi connectivity index (χ0v) is 15.5. The van der Waals surface area contributed by atoms with E-state index in [1.54, 1.807) is 36.9 Å². The molecule has 3 N–H and O–H groups in total. The number of primary amides is 1. The van der Waals surface area contributed by atoms with E-state index in [0.717, 1.165) is 17.7 Å². The average molecular weight is 389 g/mol. The number of aromatic nitrogens is 3. The maximum Gasteiger partial charge on any atom is 0.336 e. The van der Waals surface area contributed by atoms with E-state index in [1.165, 1.54) is 6.07 Å². The Morgan fingerprint density at radius 1 is 1.10 bits per heavy atom. The second-order valence-electron chi connectivity index (χ2n) is 6.82. The first kappa shape index (κ1) is 18.5. The monoisotopic (exact) mass is 389 g/mol. The summed E-state index contributed by atoms with van der Waals surface area (Å²) in [6, 6.07) is 8.64. The van der Waals surface area contributed by atoms with Gasteiger partial charge in [-0.15, -0.1) is 0 Å². The fraction of sp³-hybridized carbons (Fsp3) is 0.190. The van der Waals surface area contributed by atoms with Gasteiger partial charge in [0.2, 0.25) is 11.9 Å². The zero-order chi connectivity index (χ0) is 20.4. The molecule has 0 spiro atoms. The van der Waals surface area contributed by atoms with Crippen molar-refractivity contribution in [3.63, 3.8) is 0 Å². The summed E-state index contributed by atoms with van der Waals surface area (Å²) in [6.07, 6.45) is 8.67. The Kier molecular flexibility index (Phi) is 4.90. The number of hydrogen-bond donors (Lipinski definition) is 2. The zero-order valence-electron chi connectivity index (χ0n) is 15.5. The van der Waals surface area contributed by atoms with Crippen molar-refractivity contribution in [3.05, 3.63) is 77.4 Å². The number of carbonyl (C=O) groups excluding carboxylic acids is 1. The third-order valence-electron chi connectivity index (χ3n) is 5.13. The molecule has 1 amide bonds. The van der Waals surface area contributed by atoms with Crippen molar-refractivity contribution in [3.8, 4) is 0 Å². The van der Waals surface area contributed by atoms with Crippen LogP contribution in [0.5, 0.6) is 0 Å². The van der Waals surface area contributed by atoms with Crippen LogP contribution in [-0.4, -0.2) is 38.0 Å². The van der Waals surface area contributed by atoms with Gasteiger partial charge in [-0.3, -0.25) is 9.78 Å². The SMILES string of the molecule is NC(=O)c1c(C(=O)O)ccc2c1CC(N(c1cccnc1)c1ncccn1)CC2. The van der Waals surface area contributed by atoms with Crippen molar-refractivity contribution in [2.75, 3.05) is 4.90 Å². The van der Waals surface area contributed by atoms with Gasteiger partial charge in [0.25, 0.3) is 0 Å². The number of pyridine rings is 1. The minimum Gasteiger partial charge on any atom is -0.478 e. The van der Waals surface area contributed by atoms with Gasteiger partial charge in [0.05, 0.1) is 23.0 Å². The largest absolute Gasteiger partial charge is 0.478 e. The van der Waals surface area contributed by atoms with Crippen LogP contribution in [0.4, 0.5) is 11.6 Å². The molecule has 0 bridgehead atoms. The molecule has 1 unspecified atom stereocenters. The molecule has 0 aliphatic heterocycles. The summed E-state index contributed by atoms with van der Waals surface area (Å²) in [5, 5.41) is 9.50. The smallest absolute Gasteiger partial charge is 0.336 e. The number of amides is 1. The quantitative estimate of drug-likeness (QED) is 0.687. The molecule has 29 heavy (non-hydrogen) atoms. The molecule has 3 aromatic rings. The standard InChI is InChI=1S/C21H19N5O3/c22-19(27)18-16(20(28)29)7-5-13-4-6-14(11-17(13)18)26(15-3-1-8-23-12-15)21-24-9-2-10-25-21/h1-3,5,7-10,12,14H,4,6,11H2,(H2,22,27)(H,28,29). The lowest BCUT2D eigenvalue weighted by atomic mass is 9.82. The molecule has 8 heteroatoms. The molecule has 1 aliphatic rings. The Morgan fingerprint density at radius 3 is 2.55 bits per heavy atom. The number of carboxylic acid groups (broad SMARTS) is 1. The summed E-state index contributed by atoms with van der Waals surface area (Å²) < 4.78 is 0. The van der Waals surface area contributed by atoms with Crippen molar-refractivity contribution >= 4 is 23.5 Å². The van der Waals surface area contributed by atoms with Gasteiger partial charge >= 0.3 is 5.97 Å². The first-order chi connectivity index (χ1) is 14.1. The molecule has 8 nitrogen and oxygen atoms in total. The lowest BCUT2D eigenvalue weighted by molar-refractivity contribution is 0.0691. The molecule has 1 aliphatic carbocycles. The number of anilines is 2. The van der Waals surface area contributed by atoms with Gasteiger partial charge in [0.1, 0.15) is 0 Å². The number of aryl methyl sites for hydroxylation is 1. The fourth-order valence-corrected chi connectivity index (χ4v) is 3.90. The normalized spacial score (nSPS) is 15.4. The van der Waals surface area contributed by atoms with E-state index >= 15 is 0 Å². The van der Waals surface area contributed by atoms with E-state index in [9.17, 15) is 14.7 Å². The van der Waals surface area contributed by atoms with Gasteiger partial charge in [0.15, 0.2) is 0 Å². The molecule has 2 aromatic heterocycles. The van der Waals surface area contributed by atoms with E-state index in [4.69, 9.17) is 5.73 Å². The van der Waals surface area contributed by atoms with Gasteiger partial charge in [-0.05, 0) is 54.7 Å². The van der Waals surface area contributed by atoms with Crippen molar-refractivity contribution in [1.29, 1.82) is 0 Å². The molecule has 146 valence electrons. The van der Waals surface area contributed by atoms with Crippen molar-refractivity contribution < 1.29 is 14.7 Å². The van der Waals surface area contributed by atoms with Crippen LogP contribution in [0.3, 0.4) is 0 Å². The van der Waals surface area contributed by atoms with Crippen molar-refractivity contribution in [1.82, 2.24) is 15.0 Å². The highest BCUT2D eigenvalue weighted by atomic mass is 16.4. The lowest BCUT2D eigenvalue weighted by Crippen LogP contribution is -2.38. The number of nitrogens with zero attached hydrogens (tertiary/aromatic N) is 4. The maximum absolute atomic E-state index is 12.1. The van der Waals surface area contributed by atoms with Gasteiger partial charge in [-0.2, -0.15) is 0 Å². The van der Waals surface area contributed by atoms with Crippen molar-refractivity contribution in [2.24, 2.45) is 5.73 Å². The van der Waals surface area contributed by atoms with Crippen LogP contribution < -0.4 is 10.6 Å². The second-order valence-corrected chi connectivity index (χ2v) is 6.82. The molecule has 0 radical (unpaired) electrons. The first-order valence-electron chi connectivity index (χ1n) is 9.20. The number of aromatic carboxylic acids is 1. The predicted octanol–water partition coefficient (Wildman–Crippen LogP) is 2.36. The van der Waals surface area contributed by atoms with Crippen LogP contribution in [0.15, 0.2) is 55.1 Å². The highest BCUT2D eigenvalue weighted by Gasteiger charge is 2.31. The summed E-state index contributed by atoms with van der Waals surface area (Å²) in [7, 11) is 0. The topological polar surface area (TPSA) is 122 Å². The van der Waals surface area contributed by atoms with E-state index in [0.29, 0.717) is 24.4 Å². The lowest BCUT2D eigenvalue weighted by Gasteiger charge is -2.35. The summed E-state index contributed by atoms with van der Waals surface area (Å²) in [5.41, 5.74) is 8.03. The third kappa shape index (κ3) is 3.52. The predicted molar refractivity (Wildman–Crippen MR) is 106 cm³/mol. The molecule has 1 aromatic carbocycles. The molecule has 0 fully saturated rings. The Hall–Kier alpha value is -3.81. The molecule has 4 rings (SSSR count). The number of carboxylic acids is 1. The Labute approximate surface area is 167 Å². The molecular weight excluding hydrogens is 370 g/mol. The molecule has 2 heterocycles. The van der Waals surface area contributed by atoms with Crippen molar-refractivity contribution in [2.45, 2.75) is 25.3 Å². The fourth-order valence-electron chi connectivity index (χ4n) is 3.90. The number of rotatable bonds is 5. The van der Waals surface area contributed by atoms with Gasteiger partial charge in [-0.1, -0.05) is 6.07 Å². The molecule has 1 atom stereocenters. The van der Waals surface area contributed by atoms with Crippen LogP contribution in [0.2, 0.25) is 0 Å².